The first-order valence-corrected chi connectivity index (χ1v) is 7.19. The maximum atomic E-state index is 12.1. The Hall–Kier alpha value is -0.610. The van der Waals surface area contributed by atoms with Gasteiger partial charge in [-0.05, 0) is 38.8 Å². The van der Waals surface area contributed by atoms with Gasteiger partial charge in [-0.3, -0.25) is 9.69 Å². The lowest BCUT2D eigenvalue weighted by atomic mass is 9.83. The predicted molar refractivity (Wildman–Crippen MR) is 75.3 cm³/mol. The number of rotatable bonds is 5. The molecule has 0 spiro atoms. The maximum Gasteiger partial charge on any atom is 0.239 e. The molecular weight excluding hydrogens is 226 g/mol. The van der Waals surface area contributed by atoms with Crippen LogP contribution in [0.3, 0.4) is 0 Å². The minimum Gasteiger partial charge on any atom is -0.347 e. The van der Waals surface area contributed by atoms with Gasteiger partial charge in [0.2, 0.25) is 5.91 Å². The highest BCUT2D eigenvalue weighted by Gasteiger charge is 2.33. The molecule has 3 unspecified atom stereocenters. The minimum atomic E-state index is -0.0397. The van der Waals surface area contributed by atoms with Crippen molar-refractivity contribution in [3.8, 4) is 0 Å². The summed E-state index contributed by atoms with van der Waals surface area (Å²) in [6, 6.07) is 0.440. The summed E-state index contributed by atoms with van der Waals surface area (Å²) >= 11 is 0. The quantitative estimate of drug-likeness (QED) is 0.805. The first-order chi connectivity index (χ1) is 8.52. The smallest absolute Gasteiger partial charge is 0.239 e. The standard InChI is InChI=1S/C14H29N3O/c1-5-17(11(2)14(18)16(3)4)13-9-7-6-8-12(13)10-15/h11-13H,5-10,15H2,1-4H3. The van der Waals surface area contributed by atoms with Gasteiger partial charge in [0.1, 0.15) is 0 Å². The first-order valence-electron chi connectivity index (χ1n) is 7.19. The monoisotopic (exact) mass is 255 g/mol. The lowest BCUT2D eigenvalue weighted by Crippen LogP contribution is -2.53. The van der Waals surface area contributed by atoms with Crippen LogP contribution in [-0.4, -0.2) is 55.0 Å². The van der Waals surface area contributed by atoms with Crippen LogP contribution in [0, 0.1) is 5.92 Å². The van der Waals surface area contributed by atoms with Crippen molar-refractivity contribution in [1.82, 2.24) is 9.80 Å². The molecule has 0 saturated heterocycles. The summed E-state index contributed by atoms with van der Waals surface area (Å²) in [5, 5.41) is 0. The second-order valence-electron chi connectivity index (χ2n) is 5.59. The number of amides is 1. The Morgan fingerprint density at radius 1 is 1.33 bits per heavy atom. The van der Waals surface area contributed by atoms with Gasteiger partial charge in [0.25, 0.3) is 0 Å². The van der Waals surface area contributed by atoms with Gasteiger partial charge in [0.05, 0.1) is 6.04 Å². The van der Waals surface area contributed by atoms with Crippen LogP contribution in [0.25, 0.3) is 0 Å². The molecule has 1 aliphatic carbocycles. The third kappa shape index (κ3) is 3.45. The lowest BCUT2D eigenvalue weighted by Gasteiger charge is -2.42. The van der Waals surface area contributed by atoms with Crippen LogP contribution in [0.4, 0.5) is 0 Å². The number of nitrogens with two attached hydrogens (primary N) is 1. The third-order valence-electron chi connectivity index (χ3n) is 4.26. The van der Waals surface area contributed by atoms with Crippen molar-refractivity contribution in [2.45, 2.75) is 51.6 Å². The van der Waals surface area contributed by atoms with E-state index in [0.29, 0.717) is 12.0 Å². The summed E-state index contributed by atoms with van der Waals surface area (Å²) in [6.07, 6.45) is 4.94. The molecule has 2 N–H and O–H groups in total. The molecule has 0 bridgehead atoms. The summed E-state index contributed by atoms with van der Waals surface area (Å²) in [5.74, 6) is 0.745. The van der Waals surface area contributed by atoms with Gasteiger partial charge in [0.15, 0.2) is 0 Å². The van der Waals surface area contributed by atoms with E-state index >= 15 is 0 Å². The summed E-state index contributed by atoms with van der Waals surface area (Å²) < 4.78 is 0. The molecule has 1 aliphatic rings. The molecule has 0 heterocycles. The molecule has 0 radical (unpaired) electrons. The highest BCUT2D eigenvalue weighted by molar-refractivity contribution is 5.81. The van der Waals surface area contributed by atoms with Crippen LogP contribution in [0.15, 0.2) is 0 Å². The average molecular weight is 255 g/mol. The molecule has 1 fully saturated rings. The topological polar surface area (TPSA) is 49.6 Å². The van der Waals surface area contributed by atoms with Gasteiger partial charge >= 0.3 is 0 Å². The summed E-state index contributed by atoms with van der Waals surface area (Å²) in [6.45, 7) is 5.82. The minimum absolute atomic E-state index is 0.0397. The Morgan fingerprint density at radius 3 is 2.44 bits per heavy atom. The van der Waals surface area contributed by atoms with E-state index in [0.717, 1.165) is 13.1 Å². The molecule has 1 saturated carbocycles. The fraction of sp³-hybridized carbons (Fsp3) is 0.929. The zero-order chi connectivity index (χ0) is 13.7. The maximum absolute atomic E-state index is 12.1. The van der Waals surface area contributed by atoms with Crippen molar-refractivity contribution in [2.24, 2.45) is 11.7 Å². The van der Waals surface area contributed by atoms with E-state index in [4.69, 9.17) is 5.73 Å². The SMILES string of the molecule is CCN(C(C)C(=O)N(C)C)C1CCCCC1CN. The molecule has 18 heavy (non-hydrogen) atoms. The van der Waals surface area contributed by atoms with Gasteiger partial charge in [-0.15, -0.1) is 0 Å². The predicted octanol–water partition coefficient (Wildman–Crippen LogP) is 1.30. The molecule has 0 aliphatic heterocycles. The number of likely N-dealkylation sites (N-methyl/N-ethyl adjacent to an activating group) is 2. The highest BCUT2D eigenvalue weighted by Crippen LogP contribution is 2.29. The third-order valence-corrected chi connectivity index (χ3v) is 4.26. The number of nitrogens with zero attached hydrogens (tertiary/aromatic N) is 2. The van der Waals surface area contributed by atoms with Crippen molar-refractivity contribution >= 4 is 5.91 Å². The van der Waals surface area contributed by atoms with E-state index in [-0.39, 0.29) is 11.9 Å². The summed E-state index contributed by atoms with van der Waals surface area (Å²) in [4.78, 5) is 16.2. The Bertz CT molecular complexity index is 268. The summed E-state index contributed by atoms with van der Waals surface area (Å²) in [5.41, 5.74) is 5.90. The number of carbonyl (C=O) groups is 1. The molecule has 0 aromatic rings. The summed E-state index contributed by atoms with van der Waals surface area (Å²) in [7, 11) is 3.65. The van der Waals surface area contributed by atoms with Crippen molar-refractivity contribution in [3.63, 3.8) is 0 Å². The number of hydrogen-bond donors (Lipinski definition) is 1. The molecule has 106 valence electrons. The van der Waals surface area contributed by atoms with Crippen molar-refractivity contribution < 1.29 is 4.79 Å². The van der Waals surface area contributed by atoms with Gasteiger partial charge < -0.3 is 10.6 Å². The van der Waals surface area contributed by atoms with Crippen LogP contribution in [-0.2, 0) is 4.79 Å². The fourth-order valence-electron chi connectivity index (χ4n) is 3.21. The molecule has 1 rings (SSSR count). The van der Waals surface area contributed by atoms with Crippen molar-refractivity contribution in [3.05, 3.63) is 0 Å². The normalized spacial score (nSPS) is 26.1. The zero-order valence-electron chi connectivity index (χ0n) is 12.4. The van der Waals surface area contributed by atoms with E-state index in [9.17, 15) is 4.79 Å². The van der Waals surface area contributed by atoms with E-state index in [1.54, 1.807) is 4.90 Å². The van der Waals surface area contributed by atoms with Crippen LogP contribution in [0.1, 0.15) is 39.5 Å². The zero-order valence-corrected chi connectivity index (χ0v) is 12.4. The second kappa shape index (κ2) is 7.10. The lowest BCUT2D eigenvalue weighted by molar-refractivity contribution is -0.135. The average Bonchev–Trinajstić information content (AvgIpc) is 2.38. The Labute approximate surface area is 111 Å². The van der Waals surface area contributed by atoms with Crippen LogP contribution in [0.5, 0.6) is 0 Å². The molecular formula is C14H29N3O. The molecule has 0 aromatic heterocycles. The largest absolute Gasteiger partial charge is 0.347 e. The molecule has 3 atom stereocenters. The van der Waals surface area contributed by atoms with Crippen LogP contribution in [0.2, 0.25) is 0 Å². The molecule has 1 amide bonds. The number of hydrogen-bond acceptors (Lipinski definition) is 3. The van der Waals surface area contributed by atoms with Gasteiger partial charge in [-0.2, -0.15) is 0 Å². The Kier molecular flexibility index (Phi) is 6.09. The highest BCUT2D eigenvalue weighted by atomic mass is 16.2. The van der Waals surface area contributed by atoms with Crippen molar-refractivity contribution in [1.29, 1.82) is 0 Å². The molecule has 0 aromatic carbocycles. The first kappa shape index (κ1) is 15.4. The van der Waals surface area contributed by atoms with Crippen LogP contribution < -0.4 is 5.73 Å². The Morgan fingerprint density at radius 2 is 1.94 bits per heavy atom. The van der Waals surface area contributed by atoms with E-state index < -0.39 is 0 Å². The van der Waals surface area contributed by atoms with E-state index in [2.05, 4.69) is 11.8 Å². The van der Waals surface area contributed by atoms with Crippen molar-refractivity contribution in [2.75, 3.05) is 27.2 Å². The van der Waals surface area contributed by atoms with E-state index in [1.807, 2.05) is 21.0 Å². The van der Waals surface area contributed by atoms with Crippen LogP contribution >= 0.6 is 0 Å². The van der Waals surface area contributed by atoms with Gasteiger partial charge in [0, 0.05) is 20.1 Å². The van der Waals surface area contributed by atoms with Gasteiger partial charge in [-0.1, -0.05) is 19.8 Å². The fourth-order valence-corrected chi connectivity index (χ4v) is 3.21. The van der Waals surface area contributed by atoms with Gasteiger partial charge in [-0.25, -0.2) is 0 Å². The Balaban J connectivity index is 2.77. The van der Waals surface area contributed by atoms with E-state index in [1.165, 1.54) is 25.7 Å². The molecule has 4 heteroatoms. The second-order valence-corrected chi connectivity index (χ2v) is 5.59. The molecule has 4 nitrogen and oxygen atoms in total. The number of carbonyl (C=O) groups excluding carboxylic acids is 1.